The number of para-hydroxylation sites is 1. The molecular weight excluding hydrogens is 252 g/mol. The summed E-state index contributed by atoms with van der Waals surface area (Å²) in [6, 6.07) is 8.20. The van der Waals surface area contributed by atoms with Gasteiger partial charge in [0.05, 0.1) is 13.7 Å². The fourth-order valence-corrected chi connectivity index (χ4v) is 2.86. The van der Waals surface area contributed by atoms with Crippen LogP contribution in [0.2, 0.25) is 0 Å². The molecule has 1 unspecified atom stereocenters. The Labute approximate surface area is 121 Å². The number of rotatable bonds is 5. The molecule has 1 saturated heterocycles. The molecule has 0 aromatic heterocycles. The summed E-state index contributed by atoms with van der Waals surface area (Å²) >= 11 is 0. The predicted molar refractivity (Wildman–Crippen MR) is 81.2 cm³/mol. The second-order valence-corrected chi connectivity index (χ2v) is 5.64. The molecule has 1 aromatic rings. The number of methoxy groups -OCH3 is 1. The van der Waals surface area contributed by atoms with Gasteiger partial charge >= 0.3 is 0 Å². The Balaban J connectivity index is 2.17. The maximum absolute atomic E-state index is 6.10. The van der Waals surface area contributed by atoms with E-state index in [1.165, 1.54) is 5.56 Å². The molecule has 2 rings (SSSR count). The molecule has 2 N–H and O–H groups in total. The van der Waals surface area contributed by atoms with Crippen molar-refractivity contribution in [1.82, 2.24) is 4.90 Å². The Morgan fingerprint density at radius 2 is 2.10 bits per heavy atom. The first-order valence-electron chi connectivity index (χ1n) is 7.34. The van der Waals surface area contributed by atoms with Gasteiger partial charge in [0.25, 0.3) is 0 Å². The van der Waals surface area contributed by atoms with Crippen molar-refractivity contribution < 1.29 is 9.47 Å². The van der Waals surface area contributed by atoms with Crippen molar-refractivity contribution >= 4 is 0 Å². The van der Waals surface area contributed by atoms with Gasteiger partial charge in [-0.25, -0.2) is 0 Å². The minimum absolute atomic E-state index is 0.0532. The Hall–Kier alpha value is -1.10. The lowest BCUT2D eigenvalue weighted by Crippen LogP contribution is -2.54. The fraction of sp³-hybridized carbons (Fsp3) is 0.625. The quantitative estimate of drug-likeness (QED) is 0.890. The fourth-order valence-electron chi connectivity index (χ4n) is 2.86. The van der Waals surface area contributed by atoms with Crippen molar-refractivity contribution in [2.75, 3.05) is 40.0 Å². The number of ether oxygens (including phenoxy) is 2. The third kappa shape index (κ3) is 3.51. The summed E-state index contributed by atoms with van der Waals surface area (Å²) in [5, 5.41) is 0. The predicted octanol–water partition coefficient (Wildman–Crippen LogP) is 1.68. The first-order valence-corrected chi connectivity index (χ1v) is 7.34. The normalized spacial score (nSPS) is 20.1. The molecule has 0 saturated carbocycles. The third-order valence-corrected chi connectivity index (χ3v) is 4.19. The molecule has 4 heteroatoms. The molecule has 20 heavy (non-hydrogen) atoms. The van der Waals surface area contributed by atoms with Crippen molar-refractivity contribution in [3.8, 4) is 5.75 Å². The van der Waals surface area contributed by atoms with Gasteiger partial charge < -0.3 is 15.2 Å². The Morgan fingerprint density at radius 1 is 1.30 bits per heavy atom. The number of hydrogen-bond acceptors (Lipinski definition) is 4. The van der Waals surface area contributed by atoms with Gasteiger partial charge in [0.1, 0.15) is 5.75 Å². The van der Waals surface area contributed by atoms with E-state index in [0.717, 1.165) is 44.9 Å². The van der Waals surface area contributed by atoms with E-state index in [0.29, 0.717) is 6.54 Å². The molecule has 1 atom stereocenters. The number of nitrogens with two attached hydrogens (primary N) is 1. The monoisotopic (exact) mass is 278 g/mol. The summed E-state index contributed by atoms with van der Waals surface area (Å²) in [5.74, 6) is 0.943. The maximum atomic E-state index is 6.10. The largest absolute Gasteiger partial charge is 0.496 e. The highest BCUT2D eigenvalue weighted by Crippen LogP contribution is 2.26. The van der Waals surface area contributed by atoms with Gasteiger partial charge in [0.15, 0.2) is 0 Å². The molecule has 1 heterocycles. The van der Waals surface area contributed by atoms with Gasteiger partial charge in [-0.2, -0.15) is 0 Å². The van der Waals surface area contributed by atoms with Crippen LogP contribution in [0.25, 0.3) is 0 Å². The summed E-state index contributed by atoms with van der Waals surface area (Å²) in [7, 11) is 1.72. The van der Waals surface area contributed by atoms with Crippen molar-refractivity contribution in [3.05, 3.63) is 29.8 Å². The molecule has 0 bridgehead atoms. The van der Waals surface area contributed by atoms with E-state index >= 15 is 0 Å². The molecule has 0 spiro atoms. The van der Waals surface area contributed by atoms with Gasteiger partial charge in [-0.15, -0.1) is 0 Å². The van der Waals surface area contributed by atoms with Gasteiger partial charge in [-0.05, 0) is 31.4 Å². The van der Waals surface area contributed by atoms with E-state index in [1.807, 2.05) is 12.1 Å². The Bertz CT molecular complexity index is 417. The number of hydrogen-bond donors (Lipinski definition) is 1. The van der Waals surface area contributed by atoms with E-state index < -0.39 is 0 Å². The summed E-state index contributed by atoms with van der Waals surface area (Å²) in [6.07, 6.45) is 1.97. The molecule has 1 aliphatic rings. The van der Waals surface area contributed by atoms with Crippen LogP contribution in [0.1, 0.15) is 18.9 Å². The van der Waals surface area contributed by atoms with Gasteiger partial charge in [-0.3, -0.25) is 4.90 Å². The van der Waals surface area contributed by atoms with Crippen LogP contribution in [0.3, 0.4) is 0 Å². The molecule has 0 aliphatic carbocycles. The van der Waals surface area contributed by atoms with Crippen LogP contribution < -0.4 is 10.5 Å². The first kappa shape index (κ1) is 15.3. The Morgan fingerprint density at radius 3 is 2.85 bits per heavy atom. The minimum Gasteiger partial charge on any atom is -0.496 e. The van der Waals surface area contributed by atoms with E-state index in [-0.39, 0.29) is 5.54 Å². The Kier molecular flexibility index (Phi) is 5.40. The van der Waals surface area contributed by atoms with E-state index in [1.54, 1.807) is 7.11 Å². The van der Waals surface area contributed by atoms with Gasteiger partial charge in [0, 0.05) is 31.8 Å². The maximum Gasteiger partial charge on any atom is 0.122 e. The van der Waals surface area contributed by atoms with Crippen molar-refractivity contribution in [1.29, 1.82) is 0 Å². The second kappa shape index (κ2) is 7.07. The SMILES string of the molecule is COc1ccccc1CC(C)(CN)N1CCCOCC1. The van der Waals surface area contributed by atoms with Crippen molar-refractivity contribution in [2.45, 2.75) is 25.3 Å². The van der Waals surface area contributed by atoms with Crippen LogP contribution in [0.4, 0.5) is 0 Å². The van der Waals surface area contributed by atoms with E-state index in [4.69, 9.17) is 15.2 Å². The summed E-state index contributed by atoms with van der Waals surface area (Å²) in [5.41, 5.74) is 7.27. The molecular formula is C16H26N2O2. The number of benzene rings is 1. The smallest absolute Gasteiger partial charge is 0.122 e. The van der Waals surface area contributed by atoms with Crippen molar-refractivity contribution in [2.24, 2.45) is 5.73 Å². The zero-order valence-corrected chi connectivity index (χ0v) is 12.6. The molecule has 0 amide bonds. The van der Waals surface area contributed by atoms with Crippen molar-refractivity contribution in [3.63, 3.8) is 0 Å². The lowest BCUT2D eigenvalue weighted by molar-refractivity contribution is 0.0935. The first-order chi connectivity index (χ1) is 9.69. The third-order valence-electron chi connectivity index (χ3n) is 4.19. The van der Waals surface area contributed by atoms with Crippen LogP contribution in [0.15, 0.2) is 24.3 Å². The molecule has 1 fully saturated rings. The zero-order chi connectivity index (χ0) is 14.4. The van der Waals surface area contributed by atoms with Crippen LogP contribution in [-0.2, 0) is 11.2 Å². The van der Waals surface area contributed by atoms with Crippen LogP contribution >= 0.6 is 0 Å². The highest BCUT2D eigenvalue weighted by atomic mass is 16.5. The summed E-state index contributed by atoms with van der Waals surface area (Å²) < 4.78 is 11.0. The minimum atomic E-state index is -0.0532. The molecule has 4 nitrogen and oxygen atoms in total. The highest BCUT2D eigenvalue weighted by Gasteiger charge is 2.32. The average molecular weight is 278 g/mol. The second-order valence-electron chi connectivity index (χ2n) is 5.64. The van der Waals surface area contributed by atoms with Gasteiger partial charge in [0.2, 0.25) is 0 Å². The van der Waals surface area contributed by atoms with E-state index in [2.05, 4.69) is 24.0 Å². The lowest BCUT2D eigenvalue weighted by Gasteiger charge is -2.40. The summed E-state index contributed by atoms with van der Waals surface area (Å²) in [4.78, 5) is 2.46. The summed E-state index contributed by atoms with van der Waals surface area (Å²) in [6.45, 7) is 6.51. The highest BCUT2D eigenvalue weighted by molar-refractivity contribution is 5.34. The van der Waals surface area contributed by atoms with Gasteiger partial charge in [-0.1, -0.05) is 18.2 Å². The van der Waals surface area contributed by atoms with Crippen LogP contribution in [-0.4, -0.2) is 50.4 Å². The number of nitrogens with zero attached hydrogens (tertiary/aromatic N) is 1. The van der Waals surface area contributed by atoms with Crippen LogP contribution in [0.5, 0.6) is 5.75 Å². The molecule has 1 aromatic carbocycles. The van der Waals surface area contributed by atoms with E-state index in [9.17, 15) is 0 Å². The lowest BCUT2D eigenvalue weighted by atomic mass is 9.90. The molecule has 112 valence electrons. The molecule has 1 aliphatic heterocycles. The average Bonchev–Trinajstić information content (AvgIpc) is 2.77. The zero-order valence-electron chi connectivity index (χ0n) is 12.6. The topological polar surface area (TPSA) is 47.7 Å². The standard InChI is InChI=1S/C16H26N2O2/c1-16(13-17,18-8-5-10-20-11-9-18)12-14-6-3-4-7-15(14)19-2/h3-4,6-7H,5,8-13,17H2,1-2H3. The molecule has 0 radical (unpaired) electrons. The van der Waals surface area contributed by atoms with Crippen LogP contribution in [0, 0.1) is 0 Å².